The first-order valence-corrected chi connectivity index (χ1v) is 6.55. The van der Waals surface area contributed by atoms with Crippen molar-refractivity contribution < 1.29 is 14.3 Å². The molecule has 0 aliphatic carbocycles. The van der Waals surface area contributed by atoms with Gasteiger partial charge in [-0.15, -0.1) is 0 Å². The number of piperazine rings is 1. The normalized spacial score (nSPS) is 27.4. The number of hydrogen-bond donors (Lipinski definition) is 3. The molecular formula is C12H21N3O3. The molecule has 2 fully saturated rings. The average Bonchev–Trinajstić information content (AvgIpc) is 2.40. The van der Waals surface area contributed by atoms with Gasteiger partial charge in [0.25, 0.3) is 0 Å². The van der Waals surface area contributed by atoms with Crippen LogP contribution in [0, 0.1) is 5.92 Å². The first-order valence-electron chi connectivity index (χ1n) is 6.55. The maximum Gasteiger partial charge on any atom is 0.239 e. The third kappa shape index (κ3) is 3.43. The lowest BCUT2D eigenvalue weighted by Gasteiger charge is -2.30. The molecule has 0 saturated carbocycles. The van der Waals surface area contributed by atoms with E-state index < -0.39 is 0 Å². The van der Waals surface area contributed by atoms with E-state index in [4.69, 9.17) is 4.74 Å². The van der Waals surface area contributed by atoms with Crippen molar-refractivity contribution >= 4 is 11.8 Å². The highest BCUT2D eigenvalue weighted by molar-refractivity contribution is 5.86. The third-order valence-electron chi connectivity index (χ3n) is 3.67. The zero-order valence-corrected chi connectivity index (χ0v) is 10.7. The van der Waals surface area contributed by atoms with E-state index in [9.17, 15) is 9.59 Å². The van der Waals surface area contributed by atoms with Crippen LogP contribution in [0.2, 0.25) is 0 Å². The maximum absolute atomic E-state index is 12.0. The van der Waals surface area contributed by atoms with Gasteiger partial charge in [0.1, 0.15) is 6.04 Å². The van der Waals surface area contributed by atoms with E-state index in [0.717, 1.165) is 26.1 Å². The highest BCUT2D eigenvalue weighted by Gasteiger charge is 2.27. The number of carbonyl (C=O) groups excluding carboxylic acids is 2. The van der Waals surface area contributed by atoms with Crippen LogP contribution in [0.3, 0.4) is 0 Å². The van der Waals surface area contributed by atoms with Gasteiger partial charge in [-0.1, -0.05) is 0 Å². The molecule has 2 rings (SSSR count). The van der Waals surface area contributed by atoms with Gasteiger partial charge >= 0.3 is 0 Å². The summed E-state index contributed by atoms with van der Waals surface area (Å²) in [6.45, 7) is 4.18. The van der Waals surface area contributed by atoms with Crippen LogP contribution in [0.5, 0.6) is 0 Å². The fourth-order valence-corrected chi connectivity index (χ4v) is 2.41. The monoisotopic (exact) mass is 255 g/mol. The molecule has 0 aromatic rings. The van der Waals surface area contributed by atoms with E-state index in [0.29, 0.717) is 12.5 Å². The van der Waals surface area contributed by atoms with Gasteiger partial charge in [-0.2, -0.15) is 0 Å². The van der Waals surface area contributed by atoms with Crippen molar-refractivity contribution in [1.29, 1.82) is 0 Å². The summed E-state index contributed by atoms with van der Waals surface area (Å²) in [4.78, 5) is 23.0. The lowest BCUT2D eigenvalue weighted by molar-refractivity contribution is -0.127. The Morgan fingerprint density at radius 3 is 2.78 bits per heavy atom. The first kappa shape index (κ1) is 13.3. The number of ether oxygens (including phenoxy) is 1. The summed E-state index contributed by atoms with van der Waals surface area (Å²) in [5.74, 6) is 0.395. The SMILES string of the molecule is CC(NC(=O)C1CNC(=O)CN1)C1CCOCC1. The average molecular weight is 255 g/mol. The van der Waals surface area contributed by atoms with Gasteiger partial charge in [0, 0.05) is 25.8 Å². The Bertz CT molecular complexity index is 306. The summed E-state index contributed by atoms with van der Waals surface area (Å²) in [6, 6.07) is -0.161. The predicted molar refractivity (Wildman–Crippen MR) is 65.9 cm³/mol. The van der Waals surface area contributed by atoms with Crippen molar-refractivity contribution in [2.45, 2.75) is 31.8 Å². The molecule has 2 amide bonds. The summed E-state index contributed by atoms with van der Waals surface area (Å²) in [7, 11) is 0. The molecule has 2 aliphatic rings. The molecule has 18 heavy (non-hydrogen) atoms. The van der Waals surface area contributed by atoms with E-state index in [1.807, 2.05) is 6.92 Å². The number of nitrogens with one attached hydrogen (secondary N) is 3. The molecule has 0 aromatic carbocycles. The van der Waals surface area contributed by atoms with Crippen LogP contribution < -0.4 is 16.0 Å². The zero-order valence-electron chi connectivity index (χ0n) is 10.7. The number of rotatable bonds is 3. The van der Waals surface area contributed by atoms with Crippen LogP contribution in [0.25, 0.3) is 0 Å². The fourth-order valence-electron chi connectivity index (χ4n) is 2.41. The minimum absolute atomic E-state index is 0.0333. The van der Waals surface area contributed by atoms with Gasteiger partial charge in [0.15, 0.2) is 0 Å². The van der Waals surface area contributed by atoms with Crippen LogP contribution in [0.15, 0.2) is 0 Å². The molecule has 0 aromatic heterocycles. The Balaban J connectivity index is 1.77. The van der Waals surface area contributed by atoms with Gasteiger partial charge in [0.2, 0.25) is 11.8 Å². The fraction of sp³-hybridized carbons (Fsp3) is 0.833. The molecule has 6 heteroatoms. The standard InChI is InChI=1S/C12H21N3O3/c1-8(9-2-4-18-5-3-9)15-12(17)10-6-14-11(16)7-13-10/h8-10,13H,2-7H2,1H3,(H,14,16)(H,15,17). The van der Waals surface area contributed by atoms with Gasteiger partial charge in [-0.3, -0.25) is 14.9 Å². The van der Waals surface area contributed by atoms with Gasteiger partial charge in [0.05, 0.1) is 6.54 Å². The Morgan fingerprint density at radius 2 is 2.17 bits per heavy atom. The highest BCUT2D eigenvalue weighted by Crippen LogP contribution is 2.18. The Morgan fingerprint density at radius 1 is 1.44 bits per heavy atom. The second kappa shape index (κ2) is 6.15. The molecule has 3 N–H and O–H groups in total. The molecule has 6 nitrogen and oxygen atoms in total. The molecule has 0 spiro atoms. The lowest BCUT2D eigenvalue weighted by Crippen LogP contribution is -2.59. The molecular weight excluding hydrogens is 234 g/mol. The van der Waals surface area contributed by atoms with Crippen molar-refractivity contribution in [2.75, 3.05) is 26.3 Å². The van der Waals surface area contributed by atoms with Crippen LogP contribution in [0.4, 0.5) is 0 Å². The Kier molecular flexibility index (Phi) is 4.54. The first-order chi connectivity index (χ1) is 8.66. The van der Waals surface area contributed by atoms with Crippen molar-refractivity contribution in [1.82, 2.24) is 16.0 Å². The largest absolute Gasteiger partial charge is 0.381 e. The summed E-state index contributed by atoms with van der Waals surface area (Å²) < 4.78 is 5.31. The maximum atomic E-state index is 12.0. The summed E-state index contributed by atoms with van der Waals surface area (Å²) in [5.41, 5.74) is 0. The number of hydrogen-bond acceptors (Lipinski definition) is 4. The second-order valence-electron chi connectivity index (χ2n) is 4.98. The van der Waals surface area contributed by atoms with Crippen molar-refractivity contribution in [3.05, 3.63) is 0 Å². The summed E-state index contributed by atoms with van der Waals surface area (Å²) in [6.07, 6.45) is 1.99. The minimum atomic E-state index is -0.315. The van der Waals surface area contributed by atoms with Crippen molar-refractivity contribution in [3.63, 3.8) is 0 Å². The predicted octanol–water partition coefficient (Wildman–Crippen LogP) is -0.994. The molecule has 2 unspecified atom stereocenters. The van der Waals surface area contributed by atoms with Crippen molar-refractivity contribution in [2.24, 2.45) is 5.92 Å². The van der Waals surface area contributed by atoms with Crippen LogP contribution in [-0.4, -0.2) is 50.2 Å². The lowest BCUT2D eigenvalue weighted by atomic mass is 9.92. The smallest absolute Gasteiger partial charge is 0.239 e. The molecule has 0 radical (unpaired) electrons. The van der Waals surface area contributed by atoms with Crippen LogP contribution in [0.1, 0.15) is 19.8 Å². The summed E-state index contributed by atoms with van der Waals surface area (Å²) in [5, 5.41) is 8.64. The third-order valence-corrected chi connectivity index (χ3v) is 3.67. The summed E-state index contributed by atoms with van der Waals surface area (Å²) >= 11 is 0. The molecule has 2 aliphatic heterocycles. The molecule has 0 bridgehead atoms. The number of carbonyl (C=O) groups is 2. The molecule has 2 saturated heterocycles. The molecule has 2 atom stereocenters. The quantitative estimate of drug-likeness (QED) is 0.605. The van der Waals surface area contributed by atoms with Crippen LogP contribution >= 0.6 is 0 Å². The minimum Gasteiger partial charge on any atom is -0.381 e. The van der Waals surface area contributed by atoms with Crippen molar-refractivity contribution in [3.8, 4) is 0 Å². The van der Waals surface area contributed by atoms with Gasteiger partial charge in [-0.05, 0) is 25.7 Å². The zero-order chi connectivity index (χ0) is 13.0. The second-order valence-corrected chi connectivity index (χ2v) is 4.98. The molecule has 2 heterocycles. The Labute approximate surface area is 107 Å². The van der Waals surface area contributed by atoms with E-state index in [-0.39, 0.29) is 30.4 Å². The van der Waals surface area contributed by atoms with E-state index in [1.54, 1.807) is 0 Å². The van der Waals surface area contributed by atoms with Crippen LogP contribution in [-0.2, 0) is 14.3 Å². The van der Waals surface area contributed by atoms with E-state index >= 15 is 0 Å². The van der Waals surface area contributed by atoms with E-state index in [1.165, 1.54) is 0 Å². The number of amides is 2. The van der Waals surface area contributed by atoms with Gasteiger partial charge < -0.3 is 15.4 Å². The highest BCUT2D eigenvalue weighted by atomic mass is 16.5. The van der Waals surface area contributed by atoms with Gasteiger partial charge in [-0.25, -0.2) is 0 Å². The topological polar surface area (TPSA) is 79.5 Å². The Hall–Kier alpha value is -1.14. The van der Waals surface area contributed by atoms with E-state index in [2.05, 4.69) is 16.0 Å². The molecule has 102 valence electrons.